The second-order valence-corrected chi connectivity index (χ2v) is 3.66. The highest BCUT2D eigenvalue weighted by atomic mass is 19.1. The van der Waals surface area contributed by atoms with Gasteiger partial charge >= 0.3 is 0 Å². The van der Waals surface area contributed by atoms with Crippen LogP contribution in [-0.2, 0) is 6.42 Å². The molecule has 0 aromatic heterocycles. The van der Waals surface area contributed by atoms with Crippen LogP contribution in [-0.4, -0.2) is 24.5 Å². The number of hydrogen-bond donors (Lipinski definition) is 0. The van der Waals surface area contributed by atoms with E-state index in [0.717, 1.165) is 18.5 Å². The van der Waals surface area contributed by atoms with Crippen molar-refractivity contribution >= 4 is 0 Å². The molecule has 0 aliphatic rings. The van der Waals surface area contributed by atoms with Crippen LogP contribution < -0.4 is 0 Å². The largest absolute Gasteiger partial charge is 0.291 e. The highest BCUT2D eigenvalue weighted by Gasteiger charge is 2.06. The summed E-state index contributed by atoms with van der Waals surface area (Å²) in [6.07, 6.45) is 0.836. The minimum Gasteiger partial charge on any atom is -0.291 e. The van der Waals surface area contributed by atoms with E-state index >= 15 is 0 Å². The maximum atomic E-state index is 12.6. The monoisotopic (exact) mass is 206 g/mol. The van der Waals surface area contributed by atoms with Gasteiger partial charge in [0.05, 0.1) is 12.1 Å². The minimum atomic E-state index is -0.211. The first-order valence-electron chi connectivity index (χ1n) is 4.98. The Hall–Kier alpha value is -1.40. The Bertz CT molecular complexity index is 340. The lowest BCUT2D eigenvalue weighted by Gasteiger charge is -2.18. The van der Waals surface area contributed by atoms with Gasteiger partial charge in [0.2, 0.25) is 0 Å². The van der Waals surface area contributed by atoms with Crippen LogP contribution in [0.5, 0.6) is 0 Å². The summed E-state index contributed by atoms with van der Waals surface area (Å²) in [6, 6.07) is 8.58. The van der Waals surface area contributed by atoms with E-state index in [4.69, 9.17) is 5.26 Å². The van der Waals surface area contributed by atoms with Crippen molar-refractivity contribution in [2.75, 3.05) is 13.6 Å². The molecular formula is C12H15FN2. The van der Waals surface area contributed by atoms with Crippen molar-refractivity contribution in [1.29, 1.82) is 5.26 Å². The Balaban J connectivity index is 2.44. The zero-order valence-electron chi connectivity index (χ0n) is 9.07. The van der Waals surface area contributed by atoms with Gasteiger partial charge < -0.3 is 0 Å². The summed E-state index contributed by atoms with van der Waals surface area (Å²) < 4.78 is 12.6. The van der Waals surface area contributed by atoms with Gasteiger partial charge in [-0.05, 0) is 38.1 Å². The van der Waals surface area contributed by atoms with Crippen LogP contribution in [0.15, 0.2) is 24.3 Å². The lowest BCUT2D eigenvalue weighted by Crippen LogP contribution is -2.29. The zero-order valence-corrected chi connectivity index (χ0v) is 9.07. The van der Waals surface area contributed by atoms with E-state index in [1.165, 1.54) is 12.1 Å². The molecular weight excluding hydrogens is 191 g/mol. The molecule has 0 N–H and O–H groups in total. The van der Waals surface area contributed by atoms with E-state index in [1.807, 2.05) is 18.9 Å². The molecule has 3 heteroatoms. The molecule has 1 aromatic rings. The fourth-order valence-corrected chi connectivity index (χ4v) is 1.25. The van der Waals surface area contributed by atoms with Crippen molar-refractivity contribution in [3.05, 3.63) is 35.6 Å². The molecule has 1 atom stereocenters. The van der Waals surface area contributed by atoms with E-state index in [1.54, 1.807) is 12.1 Å². The van der Waals surface area contributed by atoms with Crippen molar-refractivity contribution in [3.63, 3.8) is 0 Å². The predicted octanol–water partition coefficient (Wildman–Crippen LogP) is 2.21. The SMILES string of the molecule is CC(C#N)N(C)CCc1ccc(F)cc1. The third kappa shape index (κ3) is 3.69. The summed E-state index contributed by atoms with van der Waals surface area (Å²) in [5.41, 5.74) is 1.09. The van der Waals surface area contributed by atoms with Crippen LogP contribution in [0.1, 0.15) is 12.5 Å². The Morgan fingerprint density at radius 1 is 1.40 bits per heavy atom. The second kappa shape index (κ2) is 5.47. The van der Waals surface area contributed by atoms with Crippen molar-refractivity contribution in [3.8, 4) is 6.07 Å². The van der Waals surface area contributed by atoms with Gasteiger partial charge in [-0.1, -0.05) is 12.1 Å². The average Bonchev–Trinajstić information content (AvgIpc) is 2.26. The van der Waals surface area contributed by atoms with Crippen LogP contribution >= 0.6 is 0 Å². The Kier molecular flexibility index (Phi) is 4.26. The summed E-state index contributed by atoms with van der Waals surface area (Å²) in [5.74, 6) is -0.211. The lowest BCUT2D eigenvalue weighted by molar-refractivity contribution is 0.306. The van der Waals surface area contributed by atoms with Gasteiger partial charge in [0.15, 0.2) is 0 Å². The zero-order chi connectivity index (χ0) is 11.3. The molecule has 0 radical (unpaired) electrons. The normalized spacial score (nSPS) is 12.5. The van der Waals surface area contributed by atoms with E-state index in [2.05, 4.69) is 6.07 Å². The van der Waals surface area contributed by atoms with Crippen LogP contribution in [0.3, 0.4) is 0 Å². The van der Waals surface area contributed by atoms with E-state index in [9.17, 15) is 4.39 Å². The molecule has 15 heavy (non-hydrogen) atoms. The molecule has 80 valence electrons. The average molecular weight is 206 g/mol. The van der Waals surface area contributed by atoms with Gasteiger partial charge in [-0.2, -0.15) is 5.26 Å². The Morgan fingerprint density at radius 3 is 2.53 bits per heavy atom. The number of rotatable bonds is 4. The maximum Gasteiger partial charge on any atom is 0.123 e. The first-order chi connectivity index (χ1) is 7.13. The molecule has 0 saturated carbocycles. The predicted molar refractivity (Wildman–Crippen MR) is 57.8 cm³/mol. The molecule has 0 aliphatic heterocycles. The topological polar surface area (TPSA) is 27.0 Å². The van der Waals surface area contributed by atoms with Crippen LogP contribution in [0, 0.1) is 17.1 Å². The van der Waals surface area contributed by atoms with Gasteiger partial charge in [0.1, 0.15) is 5.82 Å². The van der Waals surface area contributed by atoms with Gasteiger partial charge in [0, 0.05) is 6.54 Å². The first-order valence-corrected chi connectivity index (χ1v) is 4.98. The minimum absolute atomic E-state index is 0.0783. The Morgan fingerprint density at radius 2 is 2.00 bits per heavy atom. The maximum absolute atomic E-state index is 12.6. The van der Waals surface area contributed by atoms with Crippen molar-refractivity contribution in [2.45, 2.75) is 19.4 Å². The molecule has 1 aromatic carbocycles. The number of halogens is 1. The van der Waals surface area contributed by atoms with Gasteiger partial charge in [-0.3, -0.25) is 4.90 Å². The number of hydrogen-bond acceptors (Lipinski definition) is 2. The number of nitriles is 1. The van der Waals surface area contributed by atoms with Crippen LogP contribution in [0.4, 0.5) is 4.39 Å². The van der Waals surface area contributed by atoms with Crippen molar-refractivity contribution < 1.29 is 4.39 Å². The highest BCUT2D eigenvalue weighted by Crippen LogP contribution is 2.05. The highest BCUT2D eigenvalue weighted by molar-refractivity contribution is 5.16. The summed E-state index contributed by atoms with van der Waals surface area (Å²) in [4.78, 5) is 1.98. The van der Waals surface area contributed by atoms with Crippen molar-refractivity contribution in [2.24, 2.45) is 0 Å². The fourth-order valence-electron chi connectivity index (χ4n) is 1.25. The molecule has 0 spiro atoms. The first kappa shape index (κ1) is 11.7. The Labute approximate surface area is 89.9 Å². The van der Waals surface area contributed by atoms with Crippen LogP contribution in [0.2, 0.25) is 0 Å². The molecule has 2 nitrogen and oxygen atoms in total. The molecule has 0 saturated heterocycles. The molecule has 0 bridgehead atoms. The smallest absolute Gasteiger partial charge is 0.123 e. The van der Waals surface area contributed by atoms with Gasteiger partial charge in [-0.15, -0.1) is 0 Å². The summed E-state index contributed by atoms with van der Waals surface area (Å²) >= 11 is 0. The quantitative estimate of drug-likeness (QED) is 0.755. The summed E-state index contributed by atoms with van der Waals surface area (Å²) in [6.45, 7) is 2.67. The van der Waals surface area contributed by atoms with Crippen molar-refractivity contribution in [1.82, 2.24) is 4.90 Å². The number of nitrogens with zero attached hydrogens (tertiary/aromatic N) is 2. The van der Waals surface area contributed by atoms with E-state index in [-0.39, 0.29) is 11.9 Å². The third-order valence-electron chi connectivity index (χ3n) is 2.51. The summed E-state index contributed by atoms with van der Waals surface area (Å²) in [7, 11) is 1.91. The summed E-state index contributed by atoms with van der Waals surface area (Å²) in [5, 5.41) is 8.70. The fraction of sp³-hybridized carbons (Fsp3) is 0.417. The molecule has 1 rings (SSSR count). The standard InChI is InChI=1S/C12H15FN2/c1-10(9-14)15(2)8-7-11-3-5-12(13)6-4-11/h3-6,10H,7-8H2,1-2H3. The molecule has 0 heterocycles. The molecule has 0 aliphatic carbocycles. The third-order valence-corrected chi connectivity index (χ3v) is 2.51. The second-order valence-electron chi connectivity index (χ2n) is 3.66. The van der Waals surface area contributed by atoms with Gasteiger partial charge in [0.25, 0.3) is 0 Å². The molecule has 0 amide bonds. The van der Waals surface area contributed by atoms with Gasteiger partial charge in [-0.25, -0.2) is 4.39 Å². The molecule has 0 fully saturated rings. The van der Waals surface area contributed by atoms with Crippen LogP contribution in [0.25, 0.3) is 0 Å². The lowest BCUT2D eigenvalue weighted by atomic mass is 10.1. The number of benzene rings is 1. The van der Waals surface area contributed by atoms with E-state index < -0.39 is 0 Å². The van der Waals surface area contributed by atoms with E-state index in [0.29, 0.717) is 0 Å². The molecule has 1 unspecified atom stereocenters. The number of likely N-dealkylation sites (N-methyl/N-ethyl adjacent to an activating group) is 1.